The summed E-state index contributed by atoms with van der Waals surface area (Å²) in [6.07, 6.45) is -25.3. The number of rotatable bonds is 28. The average Bonchev–Trinajstić information content (AvgIpc) is 3.18. The van der Waals surface area contributed by atoms with Gasteiger partial charge < -0.3 is 114 Å². The molecular weight excluding hydrogens is 750 g/mol. The lowest BCUT2D eigenvalue weighted by atomic mass is 9.96. The number of aliphatic hydroxyl groups is 10. The molecule has 0 bridgehead atoms. The van der Waals surface area contributed by atoms with Crippen molar-refractivity contribution in [1.29, 1.82) is 0 Å². The number of hydrogen-bond donors (Lipinski definition) is 11. The van der Waals surface area contributed by atoms with E-state index < -0.39 is 112 Å². The minimum Gasteiger partial charge on any atom is -0.394 e. The quantitative estimate of drug-likeness (QED) is 0.0327. The van der Waals surface area contributed by atoms with Crippen LogP contribution in [0.2, 0.25) is 0 Å². The van der Waals surface area contributed by atoms with Crippen molar-refractivity contribution in [2.45, 2.75) is 92.1 Å². The summed E-state index contributed by atoms with van der Waals surface area (Å²) in [6, 6.07) is 0. The van der Waals surface area contributed by atoms with Crippen molar-refractivity contribution in [3.05, 3.63) is 0 Å². The monoisotopic (exact) mass is 811 g/mol. The van der Waals surface area contributed by atoms with Gasteiger partial charge in [0.05, 0.1) is 106 Å². The standard InChI is InChI=1S/C32H61NO22/c33-1-2-44-3-4-45-5-6-46-7-8-47-9-10-48-11-12-49-13-14-50-31-28(25(41)22(38)19(16-35)52-31)55-32-29(26(42)23(39)20(17-36)53-32)54-30-27(43)24(40)21(37)18(15-34)51-30/h18-32,34-43H,1-17,33H2/t18?,19?,20?,21-,22-,23-,24+,25+,26+,27?,28?,29?,30+,31+,32-/m1/s1. The van der Waals surface area contributed by atoms with Crippen molar-refractivity contribution in [2.75, 3.05) is 112 Å². The van der Waals surface area contributed by atoms with Gasteiger partial charge in [0.25, 0.3) is 0 Å². The van der Waals surface area contributed by atoms with E-state index in [9.17, 15) is 51.1 Å². The van der Waals surface area contributed by atoms with Gasteiger partial charge in [0, 0.05) is 6.54 Å². The molecule has 0 aromatic carbocycles. The van der Waals surface area contributed by atoms with Gasteiger partial charge in [0.1, 0.15) is 73.2 Å². The van der Waals surface area contributed by atoms with E-state index in [1.54, 1.807) is 0 Å². The molecule has 0 spiro atoms. The molecule has 3 heterocycles. The van der Waals surface area contributed by atoms with Crippen LogP contribution in [-0.2, 0) is 56.8 Å². The predicted octanol–water partition coefficient (Wildman–Crippen LogP) is -7.49. The Hall–Kier alpha value is -0.920. The molecule has 0 saturated carbocycles. The second kappa shape index (κ2) is 27.0. The van der Waals surface area contributed by atoms with Crippen molar-refractivity contribution >= 4 is 0 Å². The van der Waals surface area contributed by atoms with Gasteiger partial charge >= 0.3 is 0 Å². The van der Waals surface area contributed by atoms with Gasteiger partial charge in [-0.3, -0.25) is 0 Å². The molecule has 6 unspecified atom stereocenters. The van der Waals surface area contributed by atoms with E-state index >= 15 is 0 Å². The molecule has 55 heavy (non-hydrogen) atoms. The lowest BCUT2D eigenvalue weighted by Crippen LogP contribution is -2.67. The molecule has 3 aliphatic heterocycles. The molecule has 0 aromatic heterocycles. The molecule has 0 radical (unpaired) electrons. The summed E-state index contributed by atoms with van der Waals surface area (Å²) < 4.78 is 66.2. The highest BCUT2D eigenvalue weighted by Gasteiger charge is 2.54. The Kier molecular flexibility index (Phi) is 23.7. The van der Waals surface area contributed by atoms with E-state index in [0.29, 0.717) is 66.0 Å². The van der Waals surface area contributed by atoms with Gasteiger partial charge in [-0.05, 0) is 0 Å². The first-order valence-corrected chi connectivity index (χ1v) is 18.2. The third kappa shape index (κ3) is 15.3. The summed E-state index contributed by atoms with van der Waals surface area (Å²) in [7, 11) is 0. The van der Waals surface area contributed by atoms with Crippen LogP contribution in [0.15, 0.2) is 0 Å². The number of aliphatic hydroxyl groups excluding tert-OH is 10. The molecule has 3 fully saturated rings. The molecule has 23 heteroatoms. The molecule has 0 amide bonds. The SMILES string of the molecule is NCCOCCOCCOCCOCCOCCOCCO[C@H]1OC(CO)[C@@H](O)[C@H](O)C1O[C@H]1OC(CO)[C@@H](O)[C@H](O)C1O[C@@H]1OC(CO)[C@@H](O)[C@H](O)C1O. The highest BCUT2D eigenvalue weighted by molar-refractivity contribution is 4.96. The first-order chi connectivity index (χ1) is 26.6. The van der Waals surface area contributed by atoms with E-state index in [0.717, 1.165) is 0 Å². The summed E-state index contributed by atoms with van der Waals surface area (Å²) in [4.78, 5) is 0. The normalized spacial score (nSPS) is 37.0. The number of nitrogens with two attached hydrogens (primary N) is 1. The fourth-order valence-electron chi connectivity index (χ4n) is 5.64. The first kappa shape index (κ1) is 48.4. The largest absolute Gasteiger partial charge is 0.394 e. The fraction of sp³-hybridized carbons (Fsp3) is 1.00. The summed E-state index contributed by atoms with van der Waals surface area (Å²) in [6.45, 7) is 2.25. The molecule has 12 N–H and O–H groups in total. The molecule has 326 valence electrons. The van der Waals surface area contributed by atoms with Crippen molar-refractivity contribution in [1.82, 2.24) is 0 Å². The second-order valence-electron chi connectivity index (χ2n) is 12.6. The predicted molar refractivity (Wildman–Crippen MR) is 179 cm³/mol. The Bertz CT molecular complexity index is 977. The third-order valence-electron chi connectivity index (χ3n) is 8.71. The van der Waals surface area contributed by atoms with Crippen LogP contribution in [0.5, 0.6) is 0 Å². The summed E-state index contributed by atoms with van der Waals surface area (Å²) in [5, 5.41) is 103. The van der Waals surface area contributed by atoms with Crippen molar-refractivity contribution in [3.8, 4) is 0 Å². The maximum Gasteiger partial charge on any atom is 0.187 e. The Labute approximate surface area is 318 Å². The maximum absolute atomic E-state index is 11.0. The highest BCUT2D eigenvalue weighted by Crippen LogP contribution is 2.33. The number of hydrogen-bond acceptors (Lipinski definition) is 23. The maximum atomic E-state index is 11.0. The molecule has 3 aliphatic rings. The van der Waals surface area contributed by atoms with Gasteiger partial charge in [-0.15, -0.1) is 0 Å². The Morgan fingerprint density at radius 1 is 0.364 bits per heavy atom. The van der Waals surface area contributed by atoms with E-state index in [4.69, 9.17) is 62.6 Å². The Morgan fingerprint density at radius 2 is 0.691 bits per heavy atom. The number of ether oxygens (including phenoxy) is 12. The van der Waals surface area contributed by atoms with E-state index in [-0.39, 0.29) is 26.4 Å². The van der Waals surface area contributed by atoms with Gasteiger partial charge in [-0.25, -0.2) is 0 Å². The van der Waals surface area contributed by atoms with Gasteiger partial charge in [0.15, 0.2) is 18.9 Å². The van der Waals surface area contributed by atoms with Crippen LogP contribution < -0.4 is 5.73 Å². The van der Waals surface area contributed by atoms with Gasteiger partial charge in [-0.2, -0.15) is 0 Å². The third-order valence-corrected chi connectivity index (χ3v) is 8.71. The van der Waals surface area contributed by atoms with Crippen LogP contribution >= 0.6 is 0 Å². The molecule has 15 atom stereocenters. The van der Waals surface area contributed by atoms with Crippen molar-refractivity contribution < 1.29 is 108 Å². The molecule has 23 nitrogen and oxygen atoms in total. The molecular formula is C32H61NO22. The Balaban J connectivity index is 1.43. The highest BCUT2D eigenvalue weighted by atomic mass is 16.8. The van der Waals surface area contributed by atoms with E-state index in [1.807, 2.05) is 0 Å². The van der Waals surface area contributed by atoms with Crippen LogP contribution in [0.1, 0.15) is 0 Å². The zero-order chi connectivity index (χ0) is 40.2. The molecule has 0 aliphatic carbocycles. The molecule has 3 saturated heterocycles. The fourth-order valence-corrected chi connectivity index (χ4v) is 5.64. The lowest BCUT2D eigenvalue weighted by Gasteiger charge is -2.48. The smallest absolute Gasteiger partial charge is 0.187 e. The molecule has 0 aromatic rings. The zero-order valence-corrected chi connectivity index (χ0v) is 30.6. The zero-order valence-electron chi connectivity index (χ0n) is 30.6. The summed E-state index contributed by atoms with van der Waals surface area (Å²) >= 11 is 0. The average molecular weight is 812 g/mol. The van der Waals surface area contributed by atoms with Crippen LogP contribution in [0, 0.1) is 0 Å². The summed E-state index contributed by atoms with van der Waals surface area (Å²) in [5.41, 5.74) is 5.33. The van der Waals surface area contributed by atoms with E-state index in [2.05, 4.69) is 0 Å². The van der Waals surface area contributed by atoms with Crippen LogP contribution in [0.4, 0.5) is 0 Å². The van der Waals surface area contributed by atoms with Crippen LogP contribution in [0.25, 0.3) is 0 Å². The van der Waals surface area contributed by atoms with Gasteiger partial charge in [-0.1, -0.05) is 0 Å². The first-order valence-electron chi connectivity index (χ1n) is 18.2. The van der Waals surface area contributed by atoms with Crippen LogP contribution in [0.3, 0.4) is 0 Å². The molecule has 3 rings (SSSR count). The Morgan fingerprint density at radius 3 is 1.11 bits per heavy atom. The topological polar surface area (TPSA) is 339 Å². The second-order valence-corrected chi connectivity index (χ2v) is 12.6. The minimum atomic E-state index is -1.91. The lowest BCUT2D eigenvalue weighted by molar-refractivity contribution is -0.393. The van der Waals surface area contributed by atoms with Gasteiger partial charge in [0.2, 0.25) is 0 Å². The minimum absolute atomic E-state index is 0.0108. The van der Waals surface area contributed by atoms with Crippen molar-refractivity contribution in [2.24, 2.45) is 5.73 Å². The van der Waals surface area contributed by atoms with Crippen LogP contribution in [-0.4, -0.2) is 255 Å². The van der Waals surface area contributed by atoms with Crippen molar-refractivity contribution in [3.63, 3.8) is 0 Å². The van der Waals surface area contributed by atoms with E-state index in [1.165, 1.54) is 0 Å². The summed E-state index contributed by atoms with van der Waals surface area (Å²) in [5.74, 6) is 0.